The fraction of sp³-hybridized carbons (Fsp3) is 0.316. The third kappa shape index (κ3) is 3.47. The molecule has 120 valence electrons. The smallest absolute Gasteiger partial charge is 0.249 e. The Labute approximate surface area is 137 Å². The second-order valence-electron chi connectivity index (χ2n) is 5.89. The van der Waals surface area contributed by atoms with Gasteiger partial charge in [-0.2, -0.15) is 0 Å². The molecule has 4 nitrogen and oxygen atoms in total. The average molecular weight is 310 g/mol. The molecule has 3 rings (SSSR count). The van der Waals surface area contributed by atoms with Crippen molar-refractivity contribution in [2.24, 2.45) is 0 Å². The summed E-state index contributed by atoms with van der Waals surface area (Å²) in [6.45, 7) is 5.20. The normalized spacial score (nSPS) is 16.7. The van der Waals surface area contributed by atoms with Crippen LogP contribution in [0.2, 0.25) is 0 Å². The Morgan fingerprint density at radius 1 is 1.17 bits per heavy atom. The molecule has 0 aromatic heterocycles. The minimum Gasteiger partial charge on any atom is -0.494 e. The van der Waals surface area contributed by atoms with Gasteiger partial charge in [0.1, 0.15) is 11.8 Å². The number of aryl methyl sites for hydroxylation is 1. The predicted octanol–water partition coefficient (Wildman–Crippen LogP) is 3.61. The Morgan fingerprint density at radius 2 is 2.00 bits per heavy atom. The van der Waals surface area contributed by atoms with Crippen LogP contribution in [0, 0.1) is 6.92 Å². The van der Waals surface area contributed by atoms with Crippen LogP contribution in [-0.2, 0) is 4.79 Å². The van der Waals surface area contributed by atoms with Crippen molar-refractivity contribution in [3.8, 4) is 5.75 Å². The zero-order valence-corrected chi connectivity index (χ0v) is 13.6. The Balaban J connectivity index is 1.60. The molecule has 2 aromatic carbocycles. The number of hydrogen-bond acceptors (Lipinski definition) is 3. The average Bonchev–Trinajstić information content (AvgIpc) is 2.54. The lowest BCUT2D eigenvalue weighted by atomic mass is 10.1. The summed E-state index contributed by atoms with van der Waals surface area (Å²) in [7, 11) is 0. The summed E-state index contributed by atoms with van der Waals surface area (Å²) in [4.78, 5) is 14.3. The molecule has 1 amide bonds. The first-order chi connectivity index (χ1) is 11.1. The predicted molar refractivity (Wildman–Crippen MR) is 93.2 cm³/mol. The van der Waals surface area contributed by atoms with E-state index >= 15 is 0 Å². The van der Waals surface area contributed by atoms with Gasteiger partial charge in [0.2, 0.25) is 5.91 Å². The Kier molecular flexibility index (Phi) is 4.51. The van der Waals surface area contributed by atoms with Crippen LogP contribution in [0.25, 0.3) is 0 Å². The molecule has 23 heavy (non-hydrogen) atoms. The van der Waals surface area contributed by atoms with E-state index < -0.39 is 0 Å². The van der Waals surface area contributed by atoms with Crippen LogP contribution in [0.1, 0.15) is 18.9 Å². The van der Waals surface area contributed by atoms with Crippen molar-refractivity contribution in [1.29, 1.82) is 0 Å². The number of nitrogens with one attached hydrogen (secondary N) is 1. The lowest BCUT2D eigenvalue weighted by molar-refractivity contribution is -0.119. The maximum Gasteiger partial charge on any atom is 0.249 e. The largest absolute Gasteiger partial charge is 0.494 e. The van der Waals surface area contributed by atoms with Crippen molar-refractivity contribution in [2.75, 3.05) is 23.4 Å². The van der Waals surface area contributed by atoms with Gasteiger partial charge in [0, 0.05) is 6.54 Å². The van der Waals surface area contributed by atoms with Gasteiger partial charge in [-0.1, -0.05) is 24.3 Å². The Hall–Kier alpha value is -2.49. The van der Waals surface area contributed by atoms with Crippen molar-refractivity contribution in [1.82, 2.24) is 0 Å². The van der Waals surface area contributed by atoms with Crippen LogP contribution < -0.4 is 15.0 Å². The molecule has 0 radical (unpaired) electrons. The molecule has 1 unspecified atom stereocenters. The zero-order valence-electron chi connectivity index (χ0n) is 13.6. The zero-order chi connectivity index (χ0) is 16.2. The molecule has 1 aliphatic heterocycles. The van der Waals surface area contributed by atoms with Gasteiger partial charge >= 0.3 is 0 Å². The van der Waals surface area contributed by atoms with Crippen molar-refractivity contribution < 1.29 is 9.53 Å². The summed E-state index contributed by atoms with van der Waals surface area (Å²) in [5, 5.41) is 3.24. The Morgan fingerprint density at radius 3 is 2.83 bits per heavy atom. The van der Waals surface area contributed by atoms with E-state index in [0.717, 1.165) is 23.5 Å². The van der Waals surface area contributed by atoms with Crippen molar-refractivity contribution in [3.63, 3.8) is 0 Å². The summed E-state index contributed by atoms with van der Waals surface area (Å²) in [6, 6.07) is 15.7. The lowest BCUT2D eigenvalue weighted by Gasteiger charge is -2.33. The number of benzene rings is 2. The summed E-state index contributed by atoms with van der Waals surface area (Å²) < 4.78 is 5.77. The molecule has 0 spiro atoms. The molecule has 4 heteroatoms. The van der Waals surface area contributed by atoms with Gasteiger partial charge in [0.15, 0.2) is 0 Å². The lowest BCUT2D eigenvalue weighted by Crippen LogP contribution is -2.46. The number of nitrogens with zero attached hydrogens (tertiary/aromatic N) is 1. The van der Waals surface area contributed by atoms with E-state index in [-0.39, 0.29) is 11.9 Å². The maximum atomic E-state index is 12.4. The third-order valence-electron chi connectivity index (χ3n) is 3.99. The molecular formula is C19H22N2O2. The van der Waals surface area contributed by atoms with Crippen LogP contribution in [0.5, 0.6) is 5.75 Å². The van der Waals surface area contributed by atoms with Crippen LogP contribution in [-0.4, -0.2) is 25.1 Å². The molecule has 1 atom stereocenters. The second kappa shape index (κ2) is 6.73. The fourth-order valence-corrected chi connectivity index (χ4v) is 2.83. The first-order valence-corrected chi connectivity index (χ1v) is 8.01. The van der Waals surface area contributed by atoms with Gasteiger partial charge in [-0.25, -0.2) is 0 Å². The van der Waals surface area contributed by atoms with E-state index in [1.165, 1.54) is 5.56 Å². The van der Waals surface area contributed by atoms with Gasteiger partial charge in [0.25, 0.3) is 0 Å². The number of hydrogen-bond donors (Lipinski definition) is 1. The minimum atomic E-state index is -0.192. The first kappa shape index (κ1) is 15.4. The molecule has 2 aromatic rings. The third-order valence-corrected chi connectivity index (χ3v) is 3.99. The van der Waals surface area contributed by atoms with Crippen LogP contribution in [0.4, 0.5) is 11.4 Å². The van der Waals surface area contributed by atoms with E-state index in [1.807, 2.05) is 67.3 Å². The van der Waals surface area contributed by atoms with Crippen molar-refractivity contribution in [3.05, 3.63) is 54.1 Å². The highest BCUT2D eigenvalue weighted by molar-refractivity contribution is 6.04. The number of ether oxygens (including phenoxy) is 1. The van der Waals surface area contributed by atoms with E-state index in [0.29, 0.717) is 13.2 Å². The first-order valence-electron chi connectivity index (χ1n) is 8.01. The maximum absolute atomic E-state index is 12.4. The number of rotatable bonds is 5. The number of fused-ring (bicyclic) bond motifs is 1. The van der Waals surface area contributed by atoms with Gasteiger partial charge in [0.05, 0.1) is 18.0 Å². The molecule has 1 N–H and O–H groups in total. The van der Waals surface area contributed by atoms with E-state index in [1.54, 1.807) is 0 Å². The number of carbonyl (C=O) groups excluding carboxylic acids is 1. The monoisotopic (exact) mass is 310 g/mol. The van der Waals surface area contributed by atoms with Crippen LogP contribution >= 0.6 is 0 Å². The molecule has 1 aliphatic rings. The van der Waals surface area contributed by atoms with Crippen LogP contribution in [0.15, 0.2) is 48.5 Å². The van der Waals surface area contributed by atoms with Gasteiger partial charge in [-0.3, -0.25) is 4.79 Å². The molecule has 1 heterocycles. The van der Waals surface area contributed by atoms with Gasteiger partial charge in [-0.15, -0.1) is 0 Å². The highest BCUT2D eigenvalue weighted by atomic mass is 16.5. The molecule has 0 saturated carbocycles. The fourth-order valence-electron chi connectivity index (χ4n) is 2.83. The molecule has 0 aliphatic carbocycles. The van der Waals surface area contributed by atoms with E-state index in [4.69, 9.17) is 4.74 Å². The van der Waals surface area contributed by atoms with Crippen LogP contribution in [0.3, 0.4) is 0 Å². The number of amides is 1. The molecule has 0 bridgehead atoms. The number of anilines is 2. The quantitative estimate of drug-likeness (QED) is 0.858. The standard InChI is InChI=1S/C19H22N2O2/c1-14-7-5-8-16(13-14)23-12-6-11-21-18-10-4-3-9-17(18)20-15(2)19(21)22/h3-5,7-10,13,15,20H,6,11-12H2,1-2H3. The van der Waals surface area contributed by atoms with Crippen molar-refractivity contribution in [2.45, 2.75) is 26.3 Å². The van der Waals surface area contributed by atoms with Gasteiger partial charge < -0.3 is 15.0 Å². The summed E-state index contributed by atoms with van der Waals surface area (Å²) in [6.07, 6.45) is 0.792. The highest BCUT2D eigenvalue weighted by Gasteiger charge is 2.28. The summed E-state index contributed by atoms with van der Waals surface area (Å²) >= 11 is 0. The topological polar surface area (TPSA) is 41.6 Å². The molecule has 0 fully saturated rings. The minimum absolute atomic E-state index is 0.110. The second-order valence-corrected chi connectivity index (χ2v) is 5.89. The summed E-state index contributed by atoms with van der Waals surface area (Å²) in [5.41, 5.74) is 3.15. The van der Waals surface area contributed by atoms with Gasteiger partial charge in [-0.05, 0) is 50.1 Å². The number of para-hydroxylation sites is 2. The van der Waals surface area contributed by atoms with E-state index in [9.17, 15) is 4.79 Å². The SMILES string of the molecule is Cc1cccc(OCCCN2C(=O)C(C)Nc3ccccc32)c1. The van der Waals surface area contributed by atoms with E-state index in [2.05, 4.69) is 5.32 Å². The molecule has 0 saturated heterocycles. The van der Waals surface area contributed by atoms with Crippen molar-refractivity contribution >= 4 is 17.3 Å². The Bertz CT molecular complexity index is 699. The highest BCUT2D eigenvalue weighted by Crippen LogP contribution is 2.31. The molecular weight excluding hydrogens is 288 g/mol. The summed E-state index contributed by atoms with van der Waals surface area (Å²) in [5.74, 6) is 0.990. The number of carbonyl (C=O) groups is 1.